The molecule has 2 heterocycles. The third-order valence-electron chi connectivity index (χ3n) is 4.86. The summed E-state index contributed by atoms with van der Waals surface area (Å²) in [6.45, 7) is 2.05. The van der Waals surface area contributed by atoms with Gasteiger partial charge in [0.25, 0.3) is 0 Å². The van der Waals surface area contributed by atoms with Crippen molar-refractivity contribution in [2.24, 2.45) is 17.8 Å². The van der Waals surface area contributed by atoms with Crippen molar-refractivity contribution in [3.8, 4) is 0 Å². The molecule has 1 aromatic rings. The lowest BCUT2D eigenvalue weighted by Crippen LogP contribution is -2.49. The first kappa shape index (κ1) is 12.4. The molecule has 0 radical (unpaired) electrons. The van der Waals surface area contributed by atoms with E-state index in [1.807, 2.05) is 11.0 Å². The molecule has 0 unspecified atom stereocenters. The van der Waals surface area contributed by atoms with Gasteiger partial charge in [0.1, 0.15) is 6.61 Å². The lowest BCUT2D eigenvalue weighted by Gasteiger charge is -2.38. The minimum absolute atomic E-state index is 0.338. The highest BCUT2D eigenvalue weighted by molar-refractivity contribution is 5.82. The Kier molecular flexibility index (Phi) is 2.84. The fraction of sp³-hybridized carbons (Fsp3) is 0.733. The number of carbonyl (C=O) groups excluding carboxylic acids is 1. The molecule has 3 aliphatic rings. The van der Waals surface area contributed by atoms with Gasteiger partial charge >= 0.3 is 0 Å². The molecule has 1 aliphatic heterocycles. The Hall–Kier alpha value is -1.36. The first-order valence-corrected chi connectivity index (χ1v) is 7.49. The number of hydrogen-bond donors (Lipinski definition) is 0. The van der Waals surface area contributed by atoms with E-state index in [0.717, 1.165) is 36.9 Å². The highest BCUT2D eigenvalue weighted by Gasteiger charge is 2.53. The predicted octanol–water partition coefficient (Wildman–Crippen LogP) is 1.79. The van der Waals surface area contributed by atoms with Crippen LogP contribution in [0.5, 0.6) is 0 Å². The van der Waals surface area contributed by atoms with Gasteiger partial charge in [-0.05, 0) is 31.1 Å². The molecule has 2 aliphatic carbocycles. The first-order chi connectivity index (χ1) is 9.76. The molecular weight excluding hydrogens is 256 g/mol. The minimum atomic E-state index is 0.338. The van der Waals surface area contributed by atoms with Gasteiger partial charge in [0, 0.05) is 38.1 Å². The highest BCUT2D eigenvalue weighted by Crippen LogP contribution is 2.55. The zero-order valence-electron chi connectivity index (χ0n) is 11.7. The fourth-order valence-electron chi connectivity index (χ4n) is 3.36. The second-order valence-electron chi connectivity index (χ2n) is 6.43. The Balaban J connectivity index is 1.29. The summed E-state index contributed by atoms with van der Waals surface area (Å²) in [7, 11) is 1.64. The maximum atomic E-state index is 12.3. The summed E-state index contributed by atoms with van der Waals surface area (Å²) in [6, 6.07) is 1.94. The molecule has 0 bridgehead atoms. The van der Waals surface area contributed by atoms with Crippen LogP contribution in [0.15, 0.2) is 10.6 Å². The zero-order valence-corrected chi connectivity index (χ0v) is 11.7. The van der Waals surface area contributed by atoms with E-state index in [1.165, 1.54) is 12.8 Å². The number of nitrogens with zero attached hydrogens (tertiary/aromatic N) is 2. The van der Waals surface area contributed by atoms with E-state index in [-0.39, 0.29) is 0 Å². The van der Waals surface area contributed by atoms with Crippen molar-refractivity contribution in [2.75, 3.05) is 20.2 Å². The van der Waals surface area contributed by atoms with Crippen molar-refractivity contribution in [1.29, 1.82) is 0 Å². The molecule has 4 rings (SSSR count). The SMILES string of the molecule is COCc1cc(C2CN(C(=O)[C@H]3C[C@@H]3C3CC3)C2)no1. The topological polar surface area (TPSA) is 55.6 Å². The Labute approximate surface area is 118 Å². The Morgan fingerprint density at radius 3 is 3.00 bits per heavy atom. The summed E-state index contributed by atoms with van der Waals surface area (Å²) in [6.07, 6.45) is 3.82. The molecule has 1 saturated heterocycles. The average molecular weight is 276 g/mol. The number of ether oxygens (including phenoxy) is 1. The van der Waals surface area contributed by atoms with Crippen LogP contribution < -0.4 is 0 Å². The molecule has 1 amide bonds. The smallest absolute Gasteiger partial charge is 0.226 e. The molecule has 0 spiro atoms. The minimum Gasteiger partial charge on any atom is -0.377 e. The summed E-state index contributed by atoms with van der Waals surface area (Å²) < 4.78 is 10.2. The molecule has 5 nitrogen and oxygen atoms in total. The molecule has 20 heavy (non-hydrogen) atoms. The van der Waals surface area contributed by atoms with Crippen molar-refractivity contribution in [2.45, 2.75) is 31.8 Å². The normalized spacial score (nSPS) is 29.4. The highest BCUT2D eigenvalue weighted by atomic mass is 16.5. The molecule has 1 aromatic heterocycles. The third kappa shape index (κ3) is 2.14. The number of likely N-dealkylation sites (tertiary alicyclic amines) is 1. The van der Waals surface area contributed by atoms with Crippen LogP contribution >= 0.6 is 0 Å². The van der Waals surface area contributed by atoms with Gasteiger partial charge in [-0.3, -0.25) is 4.79 Å². The Bertz CT molecular complexity index is 517. The molecule has 3 fully saturated rings. The molecule has 5 heteroatoms. The van der Waals surface area contributed by atoms with Crippen LogP contribution in [-0.4, -0.2) is 36.2 Å². The summed E-state index contributed by atoms with van der Waals surface area (Å²) in [5.41, 5.74) is 0.954. The lowest BCUT2D eigenvalue weighted by atomic mass is 9.95. The summed E-state index contributed by atoms with van der Waals surface area (Å²) in [5.74, 6) is 3.38. The van der Waals surface area contributed by atoms with E-state index in [4.69, 9.17) is 9.26 Å². The van der Waals surface area contributed by atoms with Crippen LogP contribution in [-0.2, 0) is 16.1 Å². The van der Waals surface area contributed by atoms with E-state index in [1.54, 1.807) is 7.11 Å². The van der Waals surface area contributed by atoms with Crippen molar-refractivity contribution < 1.29 is 14.1 Å². The number of hydrogen-bond acceptors (Lipinski definition) is 4. The number of amides is 1. The summed E-state index contributed by atoms with van der Waals surface area (Å²) >= 11 is 0. The average Bonchev–Trinajstić information content (AvgIpc) is 3.26. The van der Waals surface area contributed by atoms with Crippen LogP contribution in [0, 0.1) is 17.8 Å². The first-order valence-electron chi connectivity index (χ1n) is 7.49. The third-order valence-corrected chi connectivity index (χ3v) is 4.86. The number of methoxy groups -OCH3 is 1. The summed E-state index contributed by atoms with van der Waals surface area (Å²) in [4.78, 5) is 14.3. The van der Waals surface area contributed by atoms with E-state index < -0.39 is 0 Å². The van der Waals surface area contributed by atoms with Crippen molar-refractivity contribution in [1.82, 2.24) is 10.1 Å². The quantitative estimate of drug-likeness (QED) is 0.822. The van der Waals surface area contributed by atoms with Crippen LogP contribution in [0.25, 0.3) is 0 Å². The van der Waals surface area contributed by atoms with Crippen LogP contribution in [0.3, 0.4) is 0 Å². The van der Waals surface area contributed by atoms with Crippen LogP contribution in [0.4, 0.5) is 0 Å². The second kappa shape index (κ2) is 4.58. The largest absolute Gasteiger partial charge is 0.377 e. The Morgan fingerprint density at radius 2 is 2.30 bits per heavy atom. The summed E-state index contributed by atoms with van der Waals surface area (Å²) in [5, 5.41) is 4.07. The fourth-order valence-corrected chi connectivity index (χ4v) is 3.36. The van der Waals surface area contributed by atoms with Crippen molar-refractivity contribution in [3.05, 3.63) is 17.5 Å². The van der Waals surface area contributed by atoms with Crippen LogP contribution in [0.1, 0.15) is 36.6 Å². The van der Waals surface area contributed by atoms with E-state index in [2.05, 4.69) is 5.16 Å². The van der Waals surface area contributed by atoms with E-state index in [9.17, 15) is 4.79 Å². The van der Waals surface area contributed by atoms with Gasteiger partial charge in [-0.25, -0.2) is 0 Å². The van der Waals surface area contributed by atoms with Gasteiger partial charge < -0.3 is 14.2 Å². The monoisotopic (exact) mass is 276 g/mol. The molecular formula is C15H20N2O3. The number of rotatable bonds is 5. The Morgan fingerprint density at radius 1 is 1.50 bits per heavy atom. The van der Waals surface area contributed by atoms with E-state index >= 15 is 0 Å². The van der Waals surface area contributed by atoms with Gasteiger partial charge in [0.05, 0.1) is 5.69 Å². The lowest BCUT2D eigenvalue weighted by molar-refractivity contribution is -0.137. The molecule has 108 valence electrons. The molecule has 2 saturated carbocycles. The van der Waals surface area contributed by atoms with Crippen LogP contribution in [0.2, 0.25) is 0 Å². The molecule has 0 aromatic carbocycles. The van der Waals surface area contributed by atoms with Gasteiger partial charge in [-0.15, -0.1) is 0 Å². The maximum Gasteiger partial charge on any atom is 0.226 e. The standard InChI is InChI=1S/C15H20N2O3/c1-19-8-11-4-14(16-20-11)10-6-17(7-10)15(18)13-5-12(13)9-2-3-9/h4,9-10,12-13H,2-3,5-8H2,1H3/t12-,13+/m1/s1. The van der Waals surface area contributed by atoms with Gasteiger partial charge in [-0.1, -0.05) is 5.16 Å². The van der Waals surface area contributed by atoms with Gasteiger partial charge in [0.2, 0.25) is 5.91 Å². The number of carbonyl (C=O) groups is 1. The van der Waals surface area contributed by atoms with E-state index in [0.29, 0.717) is 30.3 Å². The van der Waals surface area contributed by atoms with Crippen molar-refractivity contribution in [3.63, 3.8) is 0 Å². The predicted molar refractivity (Wildman–Crippen MR) is 70.9 cm³/mol. The molecule has 2 atom stereocenters. The number of aromatic nitrogens is 1. The molecule has 0 N–H and O–H groups in total. The second-order valence-corrected chi connectivity index (χ2v) is 6.43. The zero-order chi connectivity index (χ0) is 13.7. The van der Waals surface area contributed by atoms with Crippen molar-refractivity contribution >= 4 is 5.91 Å². The maximum absolute atomic E-state index is 12.3. The van der Waals surface area contributed by atoms with Gasteiger partial charge in [-0.2, -0.15) is 0 Å². The van der Waals surface area contributed by atoms with Gasteiger partial charge in [0.15, 0.2) is 5.76 Å².